The smallest absolute Gasteiger partial charge is 0.244 e. The molecule has 1 aliphatic rings. The Bertz CT molecular complexity index is 851. The highest BCUT2D eigenvalue weighted by Gasteiger charge is 2.24. The van der Waals surface area contributed by atoms with Crippen molar-refractivity contribution >= 4 is 21.6 Å². The summed E-state index contributed by atoms with van der Waals surface area (Å²) in [5.74, 6) is 0.626. The number of rotatable bonds is 7. The Balaban J connectivity index is 1.53. The summed E-state index contributed by atoms with van der Waals surface area (Å²) in [5.41, 5.74) is 1.31. The third-order valence-corrected chi connectivity index (χ3v) is 6.61. The molecule has 0 aliphatic carbocycles. The molecule has 0 radical (unpaired) electrons. The van der Waals surface area contributed by atoms with Crippen molar-refractivity contribution in [1.29, 1.82) is 0 Å². The Morgan fingerprint density at radius 3 is 2.52 bits per heavy atom. The minimum atomic E-state index is -3.66. The van der Waals surface area contributed by atoms with Crippen molar-refractivity contribution in [1.82, 2.24) is 9.62 Å². The standard InChI is InChI=1S/C20H25ClN2O3S/c1-26-19-8-7-18(21)13-20(19)27(24,25)22-14-16-9-11-23(12-10-16)15-17-5-3-2-4-6-17/h2-8,13,16,22H,9-12,14-15H2,1H3. The monoisotopic (exact) mass is 408 g/mol. The fourth-order valence-electron chi connectivity index (χ4n) is 3.36. The van der Waals surface area contributed by atoms with E-state index in [9.17, 15) is 8.42 Å². The second-order valence-corrected chi connectivity index (χ2v) is 9.02. The van der Waals surface area contributed by atoms with Gasteiger partial charge in [0.2, 0.25) is 10.0 Å². The largest absolute Gasteiger partial charge is 0.495 e. The third-order valence-electron chi connectivity index (χ3n) is 4.93. The molecular formula is C20H25ClN2O3S. The highest BCUT2D eigenvalue weighted by atomic mass is 35.5. The average Bonchev–Trinajstić information content (AvgIpc) is 2.68. The van der Waals surface area contributed by atoms with Crippen LogP contribution in [0.2, 0.25) is 5.02 Å². The summed E-state index contributed by atoms with van der Waals surface area (Å²) in [6.45, 7) is 3.32. The fourth-order valence-corrected chi connectivity index (χ4v) is 4.90. The molecule has 0 aromatic heterocycles. The molecule has 1 heterocycles. The van der Waals surface area contributed by atoms with Gasteiger partial charge in [-0.25, -0.2) is 13.1 Å². The molecule has 27 heavy (non-hydrogen) atoms. The number of benzene rings is 2. The normalized spacial score (nSPS) is 16.4. The number of piperidine rings is 1. The van der Waals surface area contributed by atoms with E-state index in [1.807, 2.05) is 6.07 Å². The Hall–Kier alpha value is -1.60. The summed E-state index contributed by atoms with van der Waals surface area (Å²) in [7, 11) is -2.21. The van der Waals surface area contributed by atoms with Crippen molar-refractivity contribution in [2.24, 2.45) is 5.92 Å². The fraction of sp³-hybridized carbons (Fsp3) is 0.400. The zero-order chi connectivity index (χ0) is 19.3. The van der Waals surface area contributed by atoms with Crippen LogP contribution in [0.4, 0.5) is 0 Å². The predicted molar refractivity (Wildman–Crippen MR) is 108 cm³/mol. The first-order valence-electron chi connectivity index (χ1n) is 9.07. The van der Waals surface area contributed by atoms with E-state index in [2.05, 4.69) is 33.9 Å². The summed E-state index contributed by atoms with van der Waals surface area (Å²) >= 11 is 5.96. The number of nitrogens with one attached hydrogen (secondary N) is 1. The number of methoxy groups -OCH3 is 1. The molecule has 2 aromatic carbocycles. The van der Waals surface area contributed by atoms with Crippen LogP contribution in [-0.4, -0.2) is 40.1 Å². The number of hydrogen-bond acceptors (Lipinski definition) is 4. The van der Waals surface area contributed by atoms with Crippen LogP contribution in [0.1, 0.15) is 18.4 Å². The van der Waals surface area contributed by atoms with Crippen LogP contribution in [0.25, 0.3) is 0 Å². The van der Waals surface area contributed by atoms with E-state index in [1.54, 1.807) is 12.1 Å². The number of sulfonamides is 1. The molecule has 0 atom stereocenters. The minimum absolute atomic E-state index is 0.0824. The van der Waals surface area contributed by atoms with Crippen molar-refractivity contribution in [2.75, 3.05) is 26.7 Å². The molecular weight excluding hydrogens is 384 g/mol. The van der Waals surface area contributed by atoms with Crippen molar-refractivity contribution in [3.05, 3.63) is 59.1 Å². The molecule has 1 aliphatic heterocycles. The van der Waals surface area contributed by atoms with E-state index in [4.69, 9.17) is 16.3 Å². The molecule has 0 spiro atoms. The number of ether oxygens (including phenoxy) is 1. The number of likely N-dealkylation sites (tertiary alicyclic amines) is 1. The quantitative estimate of drug-likeness (QED) is 0.761. The van der Waals surface area contributed by atoms with Gasteiger partial charge in [0.25, 0.3) is 0 Å². The highest BCUT2D eigenvalue weighted by Crippen LogP contribution is 2.27. The lowest BCUT2D eigenvalue weighted by Gasteiger charge is -2.32. The second kappa shape index (κ2) is 9.06. The predicted octanol–water partition coefficient (Wildman–Crippen LogP) is 3.54. The second-order valence-electron chi connectivity index (χ2n) is 6.85. The maximum absolute atomic E-state index is 12.7. The topological polar surface area (TPSA) is 58.6 Å². The van der Waals surface area contributed by atoms with Gasteiger partial charge >= 0.3 is 0 Å². The highest BCUT2D eigenvalue weighted by molar-refractivity contribution is 7.89. The Morgan fingerprint density at radius 2 is 1.85 bits per heavy atom. The van der Waals surface area contributed by atoms with Gasteiger partial charge in [0.15, 0.2) is 0 Å². The van der Waals surface area contributed by atoms with Gasteiger partial charge in [0.1, 0.15) is 10.6 Å². The van der Waals surface area contributed by atoms with Gasteiger partial charge < -0.3 is 4.74 Å². The van der Waals surface area contributed by atoms with E-state index in [-0.39, 0.29) is 4.90 Å². The van der Waals surface area contributed by atoms with Crippen LogP contribution >= 0.6 is 11.6 Å². The maximum atomic E-state index is 12.7. The zero-order valence-corrected chi connectivity index (χ0v) is 17.0. The van der Waals surface area contributed by atoms with Gasteiger partial charge in [-0.1, -0.05) is 41.9 Å². The molecule has 2 aromatic rings. The summed E-state index contributed by atoms with van der Waals surface area (Å²) in [6.07, 6.45) is 1.95. The van der Waals surface area contributed by atoms with Crippen LogP contribution in [0, 0.1) is 5.92 Å². The van der Waals surface area contributed by atoms with E-state index in [0.29, 0.717) is 23.2 Å². The van der Waals surface area contributed by atoms with Crippen LogP contribution in [-0.2, 0) is 16.6 Å². The van der Waals surface area contributed by atoms with Gasteiger partial charge in [-0.2, -0.15) is 0 Å². The van der Waals surface area contributed by atoms with Crippen molar-refractivity contribution in [2.45, 2.75) is 24.3 Å². The Morgan fingerprint density at radius 1 is 1.15 bits per heavy atom. The number of hydrogen-bond donors (Lipinski definition) is 1. The summed E-state index contributed by atoms with van der Waals surface area (Å²) in [6, 6.07) is 15.0. The van der Waals surface area contributed by atoms with Crippen LogP contribution in [0.15, 0.2) is 53.4 Å². The maximum Gasteiger partial charge on any atom is 0.244 e. The Kier molecular flexibility index (Phi) is 6.76. The first-order chi connectivity index (χ1) is 13.0. The van der Waals surface area contributed by atoms with Gasteiger partial charge in [0.05, 0.1) is 7.11 Å². The molecule has 0 saturated carbocycles. The number of halogens is 1. The molecule has 1 saturated heterocycles. The van der Waals surface area contributed by atoms with E-state index in [0.717, 1.165) is 32.5 Å². The van der Waals surface area contributed by atoms with Gasteiger partial charge in [-0.05, 0) is 55.6 Å². The van der Waals surface area contributed by atoms with E-state index in [1.165, 1.54) is 18.7 Å². The lowest BCUT2D eigenvalue weighted by Crippen LogP contribution is -2.38. The molecule has 7 heteroatoms. The van der Waals surface area contributed by atoms with E-state index >= 15 is 0 Å². The summed E-state index contributed by atoms with van der Waals surface area (Å²) in [5, 5.41) is 0.366. The molecule has 1 N–H and O–H groups in total. The minimum Gasteiger partial charge on any atom is -0.495 e. The van der Waals surface area contributed by atoms with Gasteiger partial charge in [-0.3, -0.25) is 4.90 Å². The van der Waals surface area contributed by atoms with Crippen LogP contribution in [0.5, 0.6) is 5.75 Å². The average molecular weight is 409 g/mol. The zero-order valence-electron chi connectivity index (χ0n) is 15.4. The van der Waals surface area contributed by atoms with Gasteiger partial charge in [-0.15, -0.1) is 0 Å². The molecule has 5 nitrogen and oxygen atoms in total. The molecule has 0 amide bonds. The molecule has 0 unspecified atom stereocenters. The van der Waals surface area contributed by atoms with Crippen molar-refractivity contribution in [3.8, 4) is 5.75 Å². The summed E-state index contributed by atoms with van der Waals surface area (Å²) < 4.78 is 33.2. The molecule has 0 bridgehead atoms. The van der Waals surface area contributed by atoms with Crippen molar-refractivity contribution in [3.63, 3.8) is 0 Å². The molecule has 1 fully saturated rings. The molecule has 3 rings (SSSR count). The first-order valence-corrected chi connectivity index (χ1v) is 10.9. The SMILES string of the molecule is COc1ccc(Cl)cc1S(=O)(=O)NCC1CCN(Cc2ccccc2)CC1. The lowest BCUT2D eigenvalue weighted by molar-refractivity contribution is 0.178. The van der Waals surface area contributed by atoms with Crippen LogP contribution in [0.3, 0.4) is 0 Å². The van der Waals surface area contributed by atoms with Crippen molar-refractivity contribution < 1.29 is 13.2 Å². The first kappa shape index (κ1) is 20.1. The van der Waals surface area contributed by atoms with Gasteiger partial charge in [0, 0.05) is 18.1 Å². The molecule has 146 valence electrons. The lowest BCUT2D eigenvalue weighted by atomic mass is 9.97. The van der Waals surface area contributed by atoms with E-state index < -0.39 is 10.0 Å². The van der Waals surface area contributed by atoms with Crippen LogP contribution < -0.4 is 9.46 Å². The summed E-state index contributed by atoms with van der Waals surface area (Å²) in [4.78, 5) is 2.50. The third kappa shape index (κ3) is 5.45. The Labute approximate surface area is 166 Å². The number of nitrogens with zero attached hydrogens (tertiary/aromatic N) is 1.